The topological polar surface area (TPSA) is 38.0 Å². The van der Waals surface area contributed by atoms with Crippen LogP contribution >= 0.6 is 11.6 Å². The van der Waals surface area contributed by atoms with Crippen LogP contribution in [0.3, 0.4) is 0 Å². The van der Waals surface area contributed by atoms with Crippen molar-refractivity contribution in [2.75, 3.05) is 13.1 Å². The number of rotatable bonds is 5. The molecule has 0 heterocycles. The molecule has 15 heavy (non-hydrogen) atoms. The van der Waals surface area contributed by atoms with Gasteiger partial charge in [-0.05, 0) is 25.5 Å². The maximum atomic E-state index is 13.4. The first-order valence-corrected chi connectivity index (χ1v) is 5.39. The quantitative estimate of drug-likeness (QED) is 0.812. The molecule has 1 aromatic carbocycles. The summed E-state index contributed by atoms with van der Waals surface area (Å²) in [5.41, 5.74) is 5.93. The molecule has 0 saturated carbocycles. The summed E-state index contributed by atoms with van der Waals surface area (Å²) in [4.78, 5) is 0. The van der Waals surface area contributed by atoms with Crippen LogP contribution < -0.4 is 11.1 Å². The van der Waals surface area contributed by atoms with Gasteiger partial charge in [0.25, 0.3) is 0 Å². The first-order valence-electron chi connectivity index (χ1n) is 5.01. The number of nitrogens with one attached hydrogen (secondary N) is 1. The van der Waals surface area contributed by atoms with E-state index in [-0.39, 0.29) is 11.9 Å². The van der Waals surface area contributed by atoms with Gasteiger partial charge in [0, 0.05) is 29.7 Å². The van der Waals surface area contributed by atoms with Gasteiger partial charge in [-0.1, -0.05) is 17.7 Å². The summed E-state index contributed by atoms with van der Waals surface area (Å²) in [5, 5.41) is 3.67. The summed E-state index contributed by atoms with van der Waals surface area (Å²) in [6, 6.07) is 4.91. The van der Waals surface area contributed by atoms with Crippen LogP contribution in [-0.4, -0.2) is 19.1 Å². The fraction of sp³-hybridized carbons (Fsp3) is 0.455. The molecule has 0 aromatic heterocycles. The molecule has 0 saturated heterocycles. The van der Waals surface area contributed by atoms with E-state index in [4.69, 9.17) is 17.3 Å². The lowest BCUT2D eigenvalue weighted by Gasteiger charge is -2.14. The lowest BCUT2D eigenvalue weighted by atomic mass is 10.1. The molecule has 3 N–H and O–H groups in total. The summed E-state index contributed by atoms with van der Waals surface area (Å²) in [6.45, 7) is 3.29. The summed E-state index contributed by atoms with van der Waals surface area (Å²) in [7, 11) is 0. The Kier molecular flexibility index (Phi) is 5.02. The van der Waals surface area contributed by atoms with Crippen LogP contribution in [-0.2, 0) is 6.42 Å². The van der Waals surface area contributed by atoms with Crippen molar-refractivity contribution in [1.29, 1.82) is 0 Å². The molecule has 0 fully saturated rings. The second-order valence-corrected chi connectivity index (χ2v) is 3.96. The molecule has 0 spiro atoms. The third kappa shape index (κ3) is 3.78. The first-order chi connectivity index (χ1) is 7.15. The van der Waals surface area contributed by atoms with E-state index in [1.165, 1.54) is 6.07 Å². The summed E-state index contributed by atoms with van der Waals surface area (Å²) < 4.78 is 13.4. The predicted octanol–water partition coefficient (Wildman–Crippen LogP) is 1.96. The van der Waals surface area contributed by atoms with E-state index in [1.54, 1.807) is 12.1 Å². The van der Waals surface area contributed by atoms with E-state index in [0.717, 1.165) is 6.54 Å². The van der Waals surface area contributed by atoms with Gasteiger partial charge in [-0.3, -0.25) is 0 Å². The summed E-state index contributed by atoms with van der Waals surface area (Å²) in [6.07, 6.45) is 0.575. The van der Waals surface area contributed by atoms with Gasteiger partial charge < -0.3 is 11.1 Å². The Morgan fingerprint density at radius 1 is 1.53 bits per heavy atom. The number of nitrogens with two attached hydrogens (primary N) is 1. The predicted molar refractivity (Wildman–Crippen MR) is 61.6 cm³/mol. The van der Waals surface area contributed by atoms with Gasteiger partial charge in [-0.15, -0.1) is 0 Å². The van der Waals surface area contributed by atoms with E-state index < -0.39 is 0 Å². The van der Waals surface area contributed by atoms with Crippen molar-refractivity contribution in [3.05, 3.63) is 34.6 Å². The number of halogens is 2. The molecule has 0 bridgehead atoms. The lowest BCUT2D eigenvalue weighted by molar-refractivity contribution is 0.532. The standard InChI is InChI=1S/C11H16ClFN2/c1-8(15-6-5-14)7-9-10(12)3-2-4-11(9)13/h2-4,8,15H,5-7,14H2,1H3. The van der Waals surface area contributed by atoms with Gasteiger partial charge in [0.2, 0.25) is 0 Å². The molecule has 4 heteroatoms. The van der Waals surface area contributed by atoms with Crippen molar-refractivity contribution in [3.63, 3.8) is 0 Å². The Balaban J connectivity index is 2.63. The summed E-state index contributed by atoms with van der Waals surface area (Å²) >= 11 is 5.92. The highest BCUT2D eigenvalue weighted by molar-refractivity contribution is 6.31. The van der Waals surface area contributed by atoms with Gasteiger partial charge in [-0.25, -0.2) is 4.39 Å². The Bertz CT molecular complexity index is 297. The smallest absolute Gasteiger partial charge is 0.127 e. The van der Waals surface area contributed by atoms with Crippen LogP contribution in [0.25, 0.3) is 0 Å². The largest absolute Gasteiger partial charge is 0.329 e. The molecule has 0 aliphatic heterocycles. The third-order valence-electron chi connectivity index (χ3n) is 2.21. The van der Waals surface area contributed by atoms with Crippen molar-refractivity contribution >= 4 is 11.6 Å². The van der Waals surface area contributed by atoms with Crippen molar-refractivity contribution < 1.29 is 4.39 Å². The molecular weight excluding hydrogens is 215 g/mol. The highest BCUT2D eigenvalue weighted by Gasteiger charge is 2.10. The normalized spacial score (nSPS) is 12.8. The van der Waals surface area contributed by atoms with Crippen LogP contribution in [0.4, 0.5) is 4.39 Å². The molecular formula is C11H16ClFN2. The van der Waals surface area contributed by atoms with E-state index in [0.29, 0.717) is 23.6 Å². The fourth-order valence-corrected chi connectivity index (χ4v) is 1.68. The Hall–Kier alpha value is -0.640. The average Bonchev–Trinajstić information content (AvgIpc) is 2.21. The van der Waals surface area contributed by atoms with Crippen molar-refractivity contribution in [2.45, 2.75) is 19.4 Å². The molecule has 0 radical (unpaired) electrons. The monoisotopic (exact) mass is 230 g/mol. The SMILES string of the molecule is CC(Cc1c(F)cccc1Cl)NCCN. The Morgan fingerprint density at radius 3 is 2.87 bits per heavy atom. The van der Waals surface area contributed by atoms with E-state index in [9.17, 15) is 4.39 Å². The molecule has 1 rings (SSSR count). The average molecular weight is 231 g/mol. The van der Waals surface area contributed by atoms with Crippen LogP contribution in [0.5, 0.6) is 0 Å². The summed E-state index contributed by atoms with van der Waals surface area (Å²) in [5.74, 6) is -0.246. The zero-order valence-electron chi connectivity index (χ0n) is 8.76. The fourth-order valence-electron chi connectivity index (χ4n) is 1.44. The Labute approximate surface area is 94.6 Å². The minimum Gasteiger partial charge on any atom is -0.329 e. The Morgan fingerprint density at radius 2 is 2.27 bits per heavy atom. The molecule has 0 aliphatic carbocycles. The van der Waals surface area contributed by atoms with Crippen molar-refractivity contribution in [2.24, 2.45) is 5.73 Å². The van der Waals surface area contributed by atoms with Gasteiger partial charge in [0.1, 0.15) is 5.82 Å². The van der Waals surface area contributed by atoms with Gasteiger partial charge in [-0.2, -0.15) is 0 Å². The van der Waals surface area contributed by atoms with Gasteiger partial charge in [0.15, 0.2) is 0 Å². The van der Waals surface area contributed by atoms with Crippen molar-refractivity contribution in [3.8, 4) is 0 Å². The van der Waals surface area contributed by atoms with E-state index in [1.807, 2.05) is 6.92 Å². The minimum absolute atomic E-state index is 0.169. The number of hydrogen-bond acceptors (Lipinski definition) is 2. The molecule has 84 valence electrons. The highest BCUT2D eigenvalue weighted by Crippen LogP contribution is 2.20. The number of hydrogen-bond donors (Lipinski definition) is 2. The molecule has 0 amide bonds. The van der Waals surface area contributed by atoms with E-state index in [2.05, 4.69) is 5.32 Å². The van der Waals surface area contributed by atoms with Crippen LogP contribution in [0, 0.1) is 5.82 Å². The molecule has 1 aromatic rings. The number of benzene rings is 1. The van der Waals surface area contributed by atoms with Crippen LogP contribution in [0.15, 0.2) is 18.2 Å². The molecule has 0 aliphatic rings. The molecule has 1 atom stereocenters. The lowest BCUT2D eigenvalue weighted by Crippen LogP contribution is -2.32. The zero-order chi connectivity index (χ0) is 11.3. The van der Waals surface area contributed by atoms with Crippen molar-refractivity contribution in [1.82, 2.24) is 5.32 Å². The van der Waals surface area contributed by atoms with Gasteiger partial charge >= 0.3 is 0 Å². The van der Waals surface area contributed by atoms with Crippen LogP contribution in [0.1, 0.15) is 12.5 Å². The minimum atomic E-state index is -0.246. The second kappa shape index (κ2) is 6.05. The highest BCUT2D eigenvalue weighted by atomic mass is 35.5. The molecule has 2 nitrogen and oxygen atoms in total. The maximum Gasteiger partial charge on any atom is 0.127 e. The van der Waals surface area contributed by atoms with E-state index >= 15 is 0 Å². The first kappa shape index (κ1) is 12.4. The maximum absolute atomic E-state index is 13.4. The van der Waals surface area contributed by atoms with Crippen LogP contribution in [0.2, 0.25) is 5.02 Å². The third-order valence-corrected chi connectivity index (χ3v) is 2.56. The molecule has 1 unspecified atom stereocenters. The zero-order valence-corrected chi connectivity index (χ0v) is 9.52. The van der Waals surface area contributed by atoms with Gasteiger partial charge in [0.05, 0.1) is 0 Å². The second-order valence-electron chi connectivity index (χ2n) is 3.55.